The maximum Gasteiger partial charge on any atom is 0.0937 e. The van der Waals surface area contributed by atoms with Gasteiger partial charge in [-0.2, -0.15) is 5.10 Å². The van der Waals surface area contributed by atoms with Gasteiger partial charge in [0, 0.05) is 29.0 Å². The fourth-order valence-corrected chi connectivity index (χ4v) is 3.69. The molecule has 3 heterocycles. The molecule has 3 nitrogen and oxygen atoms in total. The lowest BCUT2D eigenvalue weighted by Crippen LogP contribution is -2.04. The maximum absolute atomic E-state index is 5.62. The highest BCUT2D eigenvalue weighted by atomic mass is 32.1. The van der Waals surface area contributed by atoms with Crippen LogP contribution in [0.2, 0.25) is 0 Å². The predicted octanol–water partition coefficient (Wildman–Crippen LogP) is 3.32. The van der Waals surface area contributed by atoms with Crippen molar-refractivity contribution in [1.82, 2.24) is 9.78 Å². The monoisotopic (exact) mass is 248 g/mol. The Labute approximate surface area is 105 Å². The molecule has 0 fully saturated rings. The summed E-state index contributed by atoms with van der Waals surface area (Å²) in [5.41, 5.74) is 3.83. The molecule has 0 bridgehead atoms. The molecule has 0 N–H and O–H groups in total. The van der Waals surface area contributed by atoms with E-state index in [2.05, 4.69) is 29.7 Å². The van der Waals surface area contributed by atoms with Crippen molar-refractivity contribution in [3.8, 4) is 11.3 Å². The number of aromatic nitrogens is 2. The highest BCUT2D eigenvalue weighted by Crippen LogP contribution is 2.41. The Balaban J connectivity index is 2.25. The van der Waals surface area contributed by atoms with Crippen LogP contribution < -0.4 is 0 Å². The minimum atomic E-state index is 0.213. The normalized spacial score (nSPS) is 18.6. The smallest absolute Gasteiger partial charge is 0.0937 e. The Morgan fingerprint density at radius 2 is 2.29 bits per heavy atom. The van der Waals surface area contributed by atoms with Crippen molar-refractivity contribution in [1.29, 1.82) is 0 Å². The predicted molar refractivity (Wildman–Crippen MR) is 69.4 cm³/mol. The molecule has 1 unspecified atom stereocenters. The van der Waals surface area contributed by atoms with Crippen molar-refractivity contribution >= 4 is 11.3 Å². The zero-order valence-electron chi connectivity index (χ0n) is 10.4. The quantitative estimate of drug-likeness (QED) is 0.774. The van der Waals surface area contributed by atoms with Gasteiger partial charge in [0.15, 0.2) is 0 Å². The number of rotatable bonds is 1. The second-order valence-corrected chi connectivity index (χ2v) is 5.84. The van der Waals surface area contributed by atoms with E-state index in [0.717, 1.165) is 13.0 Å². The Morgan fingerprint density at radius 3 is 3.06 bits per heavy atom. The van der Waals surface area contributed by atoms with E-state index >= 15 is 0 Å². The largest absolute Gasteiger partial charge is 0.376 e. The number of fused-ring (bicyclic) bond motifs is 3. The number of hydrogen-bond acceptors (Lipinski definition) is 3. The Kier molecular flexibility index (Phi) is 2.56. The second kappa shape index (κ2) is 3.96. The fourth-order valence-electron chi connectivity index (χ4n) is 2.55. The average Bonchev–Trinajstić information content (AvgIpc) is 2.80. The van der Waals surface area contributed by atoms with Crippen molar-refractivity contribution in [2.24, 2.45) is 0 Å². The van der Waals surface area contributed by atoms with Crippen molar-refractivity contribution in [2.75, 3.05) is 7.11 Å². The maximum atomic E-state index is 5.62. The molecule has 2 aromatic rings. The summed E-state index contributed by atoms with van der Waals surface area (Å²) in [5.74, 6) is 0. The fraction of sp³-hybridized carbons (Fsp3) is 0.462. The third-order valence-corrected chi connectivity index (χ3v) is 4.48. The summed E-state index contributed by atoms with van der Waals surface area (Å²) in [5, 5.41) is 4.46. The number of hydrogen-bond donors (Lipinski definition) is 0. The van der Waals surface area contributed by atoms with Gasteiger partial charge in [-0.25, -0.2) is 0 Å². The van der Waals surface area contributed by atoms with E-state index in [-0.39, 0.29) is 6.10 Å². The van der Waals surface area contributed by atoms with E-state index in [1.165, 1.54) is 26.6 Å². The van der Waals surface area contributed by atoms with Gasteiger partial charge < -0.3 is 4.74 Å². The molecule has 0 aromatic carbocycles. The van der Waals surface area contributed by atoms with Crippen molar-refractivity contribution in [3.05, 3.63) is 27.6 Å². The molecule has 4 heteroatoms. The number of nitrogens with zero attached hydrogens (tertiary/aromatic N) is 2. The lowest BCUT2D eigenvalue weighted by Gasteiger charge is -2.11. The summed E-state index contributed by atoms with van der Waals surface area (Å²) in [4.78, 5) is 2.69. The molecule has 0 saturated heterocycles. The molecule has 0 radical (unpaired) electrons. The van der Waals surface area contributed by atoms with Crippen LogP contribution in [0, 0.1) is 13.8 Å². The zero-order chi connectivity index (χ0) is 12.0. The lowest BCUT2D eigenvalue weighted by molar-refractivity contribution is 0.0955. The molecular weight excluding hydrogens is 232 g/mol. The number of thiophene rings is 1. The molecule has 0 spiro atoms. The van der Waals surface area contributed by atoms with E-state index in [9.17, 15) is 0 Å². The van der Waals surface area contributed by atoms with Gasteiger partial charge in [0.05, 0.1) is 18.0 Å². The van der Waals surface area contributed by atoms with Gasteiger partial charge in [-0.05, 0) is 31.9 Å². The molecular formula is C13H16N2OS. The zero-order valence-corrected chi connectivity index (χ0v) is 11.2. The van der Waals surface area contributed by atoms with E-state index < -0.39 is 0 Å². The van der Waals surface area contributed by atoms with Crippen LogP contribution in [0.3, 0.4) is 0 Å². The molecule has 3 rings (SSSR count). The summed E-state index contributed by atoms with van der Waals surface area (Å²) in [6, 6.07) is 2.26. The van der Waals surface area contributed by atoms with E-state index in [1.54, 1.807) is 7.11 Å². The van der Waals surface area contributed by atoms with Crippen LogP contribution in [0.5, 0.6) is 0 Å². The molecule has 2 aromatic heterocycles. The summed E-state index contributed by atoms with van der Waals surface area (Å²) < 4.78 is 7.73. The number of aryl methyl sites for hydroxylation is 3. The molecule has 0 amide bonds. The second-order valence-electron chi connectivity index (χ2n) is 4.55. The van der Waals surface area contributed by atoms with Crippen molar-refractivity contribution in [3.63, 3.8) is 0 Å². The van der Waals surface area contributed by atoms with Gasteiger partial charge in [-0.15, -0.1) is 11.3 Å². The van der Waals surface area contributed by atoms with Gasteiger partial charge in [0.1, 0.15) is 0 Å². The Morgan fingerprint density at radius 1 is 1.47 bits per heavy atom. The highest BCUT2D eigenvalue weighted by Gasteiger charge is 2.26. The molecule has 0 saturated carbocycles. The molecule has 1 aliphatic heterocycles. The minimum absolute atomic E-state index is 0.213. The average molecular weight is 248 g/mol. The van der Waals surface area contributed by atoms with E-state index in [1.807, 2.05) is 17.5 Å². The van der Waals surface area contributed by atoms with Gasteiger partial charge in [0.25, 0.3) is 0 Å². The first-order valence-corrected chi connectivity index (χ1v) is 6.68. The minimum Gasteiger partial charge on any atom is -0.376 e. The molecule has 1 atom stereocenters. The van der Waals surface area contributed by atoms with Gasteiger partial charge in [0.2, 0.25) is 0 Å². The van der Waals surface area contributed by atoms with Gasteiger partial charge in [-0.3, -0.25) is 4.68 Å². The standard InChI is InChI=1S/C13H16N2OS/c1-8-7-14-15-5-4-11(16-3)13-10(12(8)15)6-9(2)17-13/h6-7,11H,4-5H2,1-3H3. The van der Waals surface area contributed by atoms with Crippen molar-refractivity contribution in [2.45, 2.75) is 32.9 Å². The molecule has 17 heavy (non-hydrogen) atoms. The van der Waals surface area contributed by atoms with E-state index in [0.29, 0.717) is 0 Å². The van der Waals surface area contributed by atoms with E-state index in [4.69, 9.17) is 4.74 Å². The number of ether oxygens (including phenoxy) is 1. The highest BCUT2D eigenvalue weighted by molar-refractivity contribution is 7.12. The summed E-state index contributed by atoms with van der Waals surface area (Å²) in [6.45, 7) is 5.22. The van der Waals surface area contributed by atoms with Crippen molar-refractivity contribution < 1.29 is 4.74 Å². The summed E-state index contributed by atoms with van der Waals surface area (Å²) >= 11 is 1.85. The molecule has 90 valence electrons. The lowest BCUT2D eigenvalue weighted by atomic mass is 10.1. The Bertz CT molecular complexity index is 556. The molecule has 0 aliphatic carbocycles. The van der Waals surface area contributed by atoms with Crippen LogP contribution in [0.4, 0.5) is 0 Å². The topological polar surface area (TPSA) is 27.1 Å². The van der Waals surface area contributed by atoms with Gasteiger partial charge in [-0.1, -0.05) is 0 Å². The van der Waals surface area contributed by atoms with Gasteiger partial charge >= 0.3 is 0 Å². The summed E-state index contributed by atoms with van der Waals surface area (Å²) in [6.07, 6.45) is 3.17. The van der Waals surface area contributed by atoms with Crippen LogP contribution in [-0.2, 0) is 11.3 Å². The third kappa shape index (κ3) is 1.63. The van der Waals surface area contributed by atoms with Crippen LogP contribution >= 0.6 is 11.3 Å². The van der Waals surface area contributed by atoms with Crippen LogP contribution in [0.25, 0.3) is 11.3 Å². The van der Waals surface area contributed by atoms with Crippen LogP contribution in [0.1, 0.15) is 27.8 Å². The molecule has 1 aliphatic rings. The Hall–Kier alpha value is -1.13. The summed E-state index contributed by atoms with van der Waals surface area (Å²) in [7, 11) is 1.80. The SMILES string of the molecule is COC1CCn2ncc(C)c2-c2cc(C)sc21. The van der Waals surface area contributed by atoms with Crippen LogP contribution in [0.15, 0.2) is 12.3 Å². The van der Waals surface area contributed by atoms with Crippen LogP contribution in [-0.4, -0.2) is 16.9 Å². The first-order chi connectivity index (χ1) is 8.20. The third-order valence-electron chi connectivity index (χ3n) is 3.34. The first-order valence-electron chi connectivity index (χ1n) is 5.86. The number of methoxy groups -OCH3 is 1. The first kappa shape index (κ1) is 11.0.